The Morgan fingerprint density at radius 2 is 1.88 bits per heavy atom. The summed E-state index contributed by atoms with van der Waals surface area (Å²) in [6.07, 6.45) is 2.56. The summed E-state index contributed by atoms with van der Waals surface area (Å²) in [4.78, 5) is 1.70. The minimum Gasteiger partial charge on any atom is -1.00 e. The summed E-state index contributed by atoms with van der Waals surface area (Å²) in [5.74, 6) is 0. The lowest BCUT2D eigenvalue weighted by molar-refractivity contribution is -0.922. The molecule has 0 radical (unpaired) electrons. The first-order valence-electron chi connectivity index (χ1n) is 5.65. The molecule has 17 heavy (non-hydrogen) atoms. The van der Waals surface area contributed by atoms with Gasteiger partial charge in [-0.1, -0.05) is 28.1 Å². The zero-order valence-corrected chi connectivity index (χ0v) is 12.9. The van der Waals surface area contributed by atoms with Gasteiger partial charge in [0.15, 0.2) is 0 Å². The molecule has 0 spiro atoms. The van der Waals surface area contributed by atoms with Crippen molar-refractivity contribution in [2.45, 2.75) is 25.4 Å². The largest absolute Gasteiger partial charge is 1.00 e. The van der Waals surface area contributed by atoms with Gasteiger partial charge in [0, 0.05) is 22.9 Å². The molecule has 0 bridgehead atoms. The molecular formula is C12H19BrCl2N2. The van der Waals surface area contributed by atoms with E-state index >= 15 is 0 Å². The SMILES string of the molecule is [Cl-].[Cl-].[NH3+]C1CC[NH+](Cc2cccc(Br)c2)CC1. The Labute approximate surface area is 124 Å². The first-order valence-corrected chi connectivity index (χ1v) is 6.44. The Kier molecular flexibility index (Phi) is 8.43. The molecule has 1 heterocycles. The highest BCUT2D eigenvalue weighted by molar-refractivity contribution is 9.10. The Balaban J connectivity index is 0.00000128. The summed E-state index contributed by atoms with van der Waals surface area (Å²) in [6, 6.07) is 9.34. The van der Waals surface area contributed by atoms with E-state index in [-0.39, 0.29) is 24.8 Å². The van der Waals surface area contributed by atoms with Crippen LogP contribution in [0.15, 0.2) is 28.7 Å². The Hall–Kier alpha value is 0.200. The summed E-state index contributed by atoms with van der Waals surface area (Å²) >= 11 is 3.52. The molecule has 1 saturated heterocycles. The van der Waals surface area contributed by atoms with Crippen molar-refractivity contribution in [2.24, 2.45) is 0 Å². The topological polar surface area (TPSA) is 32.1 Å². The Morgan fingerprint density at radius 1 is 1.24 bits per heavy atom. The van der Waals surface area contributed by atoms with Crippen LogP contribution in [-0.2, 0) is 6.54 Å². The van der Waals surface area contributed by atoms with Crippen LogP contribution >= 0.6 is 15.9 Å². The van der Waals surface area contributed by atoms with Crippen LogP contribution in [0.5, 0.6) is 0 Å². The molecule has 0 atom stereocenters. The van der Waals surface area contributed by atoms with Crippen LogP contribution < -0.4 is 35.4 Å². The van der Waals surface area contributed by atoms with Crippen LogP contribution in [0.25, 0.3) is 0 Å². The minimum absolute atomic E-state index is 0. The number of rotatable bonds is 2. The molecule has 2 rings (SSSR count). The molecule has 1 fully saturated rings. The average molecular weight is 342 g/mol. The lowest BCUT2D eigenvalue weighted by atomic mass is 10.1. The molecule has 0 saturated carbocycles. The number of quaternary nitrogens is 2. The highest BCUT2D eigenvalue weighted by Gasteiger charge is 2.21. The molecule has 2 nitrogen and oxygen atoms in total. The van der Waals surface area contributed by atoms with Crippen molar-refractivity contribution in [1.29, 1.82) is 0 Å². The molecule has 1 aromatic rings. The van der Waals surface area contributed by atoms with E-state index in [9.17, 15) is 0 Å². The van der Waals surface area contributed by atoms with E-state index in [1.54, 1.807) is 4.90 Å². The van der Waals surface area contributed by atoms with Crippen molar-refractivity contribution >= 4 is 15.9 Å². The number of benzene rings is 1. The van der Waals surface area contributed by atoms with Crippen LogP contribution in [0.4, 0.5) is 0 Å². The lowest BCUT2D eigenvalue weighted by Gasteiger charge is -2.25. The van der Waals surface area contributed by atoms with Crippen LogP contribution in [0, 0.1) is 0 Å². The van der Waals surface area contributed by atoms with Gasteiger partial charge >= 0.3 is 0 Å². The third-order valence-electron chi connectivity index (χ3n) is 3.16. The lowest BCUT2D eigenvalue weighted by Crippen LogP contribution is -3.12. The fourth-order valence-corrected chi connectivity index (χ4v) is 2.64. The standard InChI is InChI=1S/C12H17BrN2.2ClH/c13-11-3-1-2-10(8-11)9-15-6-4-12(14)5-7-15;;/h1-3,8,12H,4-7,9,14H2;2*1H. The van der Waals surface area contributed by atoms with Crippen LogP contribution in [0.2, 0.25) is 0 Å². The normalized spacial score (nSPS) is 23.4. The predicted octanol–water partition coefficient (Wildman–Crippen LogP) is -5.75. The van der Waals surface area contributed by atoms with Crippen molar-refractivity contribution in [3.05, 3.63) is 34.3 Å². The molecule has 0 aliphatic carbocycles. The molecule has 4 N–H and O–H groups in total. The van der Waals surface area contributed by atoms with Gasteiger partial charge in [0.25, 0.3) is 0 Å². The van der Waals surface area contributed by atoms with Crippen molar-refractivity contribution in [3.8, 4) is 0 Å². The highest BCUT2D eigenvalue weighted by Crippen LogP contribution is 2.10. The number of nitrogens with one attached hydrogen (secondary N) is 1. The molecule has 1 aliphatic rings. The number of halogens is 3. The number of hydrogen-bond donors (Lipinski definition) is 2. The smallest absolute Gasteiger partial charge is 0.103 e. The van der Waals surface area contributed by atoms with Crippen LogP contribution in [0.1, 0.15) is 18.4 Å². The van der Waals surface area contributed by atoms with Gasteiger partial charge in [-0.15, -0.1) is 0 Å². The molecule has 0 unspecified atom stereocenters. The van der Waals surface area contributed by atoms with Crippen molar-refractivity contribution in [3.63, 3.8) is 0 Å². The number of hydrogen-bond acceptors (Lipinski definition) is 0. The summed E-state index contributed by atoms with van der Waals surface area (Å²) < 4.78 is 1.19. The monoisotopic (exact) mass is 340 g/mol. The van der Waals surface area contributed by atoms with E-state index in [4.69, 9.17) is 0 Å². The second-order valence-electron chi connectivity index (χ2n) is 4.50. The molecule has 0 aromatic heterocycles. The van der Waals surface area contributed by atoms with Gasteiger partial charge < -0.3 is 35.4 Å². The molecular weight excluding hydrogens is 323 g/mol. The van der Waals surface area contributed by atoms with Gasteiger partial charge in [-0.25, -0.2) is 0 Å². The third-order valence-corrected chi connectivity index (χ3v) is 3.65. The van der Waals surface area contributed by atoms with Gasteiger partial charge in [-0.2, -0.15) is 0 Å². The van der Waals surface area contributed by atoms with E-state index in [0.717, 1.165) is 6.54 Å². The summed E-state index contributed by atoms with van der Waals surface area (Å²) in [6.45, 7) is 3.72. The molecule has 5 heteroatoms. The van der Waals surface area contributed by atoms with E-state index in [2.05, 4.69) is 45.9 Å². The maximum absolute atomic E-state index is 4.13. The number of piperidine rings is 1. The maximum atomic E-state index is 4.13. The van der Waals surface area contributed by atoms with Gasteiger partial charge in [0.2, 0.25) is 0 Å². The summed E-state index contributed by atoms with van der Waals surface area (Å²) in [7, 11) is 0. The second kappa shape index (κ2) is 8.33. The molecule has 98 valence electrons. The van der Waals surface area contributed by atoms with E-state index in [0.29, 0.717) is 6.04 Å². The summed E-state index contributed by atoms with van der Waals surface area (Å²) in [5.41, 5.74) is 5.56. The van der Waals surface area contributed by atoms with Gasteiger partial charge in [-0.3, -0.25) is 0 Å². The first-order chi connectivity index (χ1) is 7.24. The highest BCUT2D eigenvalue weighted by atomic mass is 79.9. The summed E-state index contributed by atoms with van der Waals surface area (Å²) in [5, 5.41) is 0. The predicted molar refractivity (Wildman–Crippen MR) is 64.5 cm³/mol. The van der Waals surface area contributed by atoms with Crippen molar-refractivity contribution in [1.82, 2.24) is 0 Å². The van der Waals surface area contributed by atoms with Crippen molar-refractivity contribution in [2.75, 3.05) is 13.1 Å². The first kappa shape index (κ1) is 17.2. The molecule has 1 aromatic carbocycles. The van der Waals surface area contributed by atoms with E-state index in [1.165, 1.54) is 36.0 Å². The fourth-order valence-electron chi connectivity index (χ4n) is 2.20. The Morgan fingerprint density at radius 3 is 2.47 bits per heavy atom. The molecule has 1 aliphatic heterocycles. The van der Waals surface area contributed by atoms with Crippen LogP contribution in [0.3, 0.4) is 0 Å². The van der Waals surface area contributed by atoms with E-state index in [1.807, 2.05) is 0 Å². The number of likely N-dealkylation sites (tertiary alicyclic amines) is 1. The zero-order chi connectivity index (χ0) is 10.7. The molecule has 0 amide bonds. The Bertz CT molecular complexity index is 328. The fraction of sp³-hybridized carbons (Fsp3) is 0.500. The average Bonchev–Trinajstić information content (AvgIpc) is 2.22. The minimum atomic E-state index is 0. The zero-order valence-electron chi connectivity index (χ0n) is 9.76. The second-order valence-corrected chi connectivity index (χ2v) is 5.42. The van der Waals surface area contributed by atoms with E-state index < -0.39 is 0 Å². The maximum Gasteiger partial charge on any atom is 0.103 e. The van der Waals surface area contributed by atoms with Gasteiger partial charge in [0.1, 0.15) is 6.54 Å². The van der Waals surface area contributed by atoms with Gasteiger partial charge in [-0.05, 0) is 12.1 Å². The van der Waals surface area contributed by atoms with Crippen molar-refractivity contribution < 1.29 is 35.4 Å². The van der Waals surface area contributed by atoms with Crippen LogP contribution in [-0.4, -0.2) is 19.1 Å². The quantitative estimate of drug-likeness (QED) is 0.537. The third kappa shape index (κ3) is 5.58. The van der Waals surface area contributed by atoms with Gasteiger partial charge in [0.05, 0.1) is 19.1 Å².